The summed E-state index contributed by atoms with van der Waals surface area (Å²) in [4.78, 5) is 12.7. The largest absolute Gasteiger partial charge is 0.409 e. The molecule has 8 heteroatoms. The van der Waals surface area contributed by atoms with Crippen molar-refractivity contribution in [2.24, 2.45) is 10.9 Å². The maximum atomic E-state index is 13.2. The van der Waals surface area contributed by atoms with Gasteiger partial charge in [-0.1, -0.05) is 11.2 Å². The number of benzene rings is 1. The average Bonchev–Trinajstić information content (AvgIpc) is 2.46. The van der Waals surface area contributed by atoms with E-state index in [0.29, 0.717) is 30.8 Å². The topological polar surface area (TPSA) is 103 Å². The minimum atomic E-state index is -0.460. The highest BCUT2D eigenvalue weighted by molar-refractivity contribution is 5.98. The highest BCUT2D eigenvalue weighted by atomic mass is 19.1. The average molecular weight is 297 g/mol. The van der Waals surface area contributed by atoms with Gasteiger partial charge in [-0.15, -0.1) is 0 Å². The van der Waals surface area contributed by atoms with Crippen molar-refractivity contribution < 1.29 is 14.4 Å². The summed E-state index contributed by atoms with van der Waals surface area (Å²) in [7, 11) is 3.31. The Morgan fingerprint density at radius 2 is 2.14 bits per heavy atom. The van der Waals surface area contributed by atoms with Gasteiger partial charge in [0, 0.05) is 39.3 Å². The molecule has 1 aromatic carbocycles. The Hall–Kier alpha value is -2.35. The standard InChI is InChI=1S/C13H20FN5O2/c1-19(2)13(20)17-6-5-16-8-9-3-4-10(14)7-11(9)12(15)18-21/h3-4,7,16,21H,5-6,8H2,1-2H3,(H2,15,18)(H,17,20). The quantitative estimate of drug-likeness (QED) is 0.199. The molecule has 0 aromatic heterocycles. The predicted molar refractivity (Wildman–Crippen MR) is 77.7 cm³/mol. The van der Waals surface area contributed by atoms with Crippen LogP contribution in [0.4, 0.5) is 9.18 Å². The fourth-order valence-electron chi connectivity index (χ4n) is 1.63. The molecule has 0 saturated carbocycles. The normalized spacial score (nSPS) is 11.3. The van der Waals surface area contributed by atoms with E-state index in [9.17, 15) is 9.18 Å². The summed E-state index contributed by atoms with van der Waals surface area (Å²) < 4.78 is 13.2. The molecule has 0 bridgehead atoms. The van der Waals surface area contributed by atoms with E-state index in [1.54, 1.807) is 20.2 Å². The molecule has 2 amide bonds. The fraction of sp³-hybridized carbons (Fsp3) is 0.385. The maximum Gasteiger partial charge on any atom is 0.316 e. The molecule has 0 aliphatic carbocycles. The summed E-state index contributed by atoms with van der Waals surface area (Å²) in [6.45, 7) is 1.40. The van der Waals surface area contributed by atoms with Crippen LogP contribution in [-0.4, -0.2) is 49.2 Å². The Morgan fingerprint density at radius 3 is 2.76 bits per heavy atom. The summed E-state index contributed by atoms with van der Waals surface area (Å²) in [5.41, 5.74) is 6.55. The van der Waals surface area contributed by atoms with Crippen LogP contribution in [-0.2, 0) is 6.54 Å². The van der Waals surface area contributed by atoms with Gasteiger partial charge in [0.2, 0.25) is 0 Å². The van der Waals surface area contributed by atoms with Crippen molar-refractivity contribution in [2.45, 2.75) is 6.54 Å². The monoisotopic (exact) mass is 297 g/mol. The second kappa shape index (κ2) is 8.05. The third-order valence-corrected chi connectivity index (χ3v) is 2.76. The SMILES string of the molecule is CN(C)C(=O)NCCNCc1ccc(F)cc1/C(N)=N/O. The molecule has 0 radical (unpaired) electrons. The zero-order chi connectivity index (χ0) is 15.8. The van der Waals surface area contributed by atoms with Crippen LogP contribution in [0.15, 0.2) is 23.4 Å². The number of halogens is 1. The molecule has 5 N–H and O–H groups in total. The first kappa shape index (κ1) is 16.7. The Labute approximate surface area is 122 Å². The van der Waals surface area contributed by atoms with E-state index in [-0.39, 0.29) is 11.9 Å². The second-order valence-electron chi connectivity index (χ2n) is 4.59. The number of carbonyl (C=O) groups excluding carboxylic acids is 1. The van der Waals surface area contributed by atoms with Crippen molar-refractivity contribution in [1.29, 1.82) is 0 Å². The summed E-state index contributed by atoms with van der Waals surface area (Å²) in [6.07, 6.45) is 0. The van der Waals surface area contributed by atoms with Gasteiger partial charge in [-0.3, -0.25) is 0 Å². The number of amidine groups is 1. The number of hydrogen-bond acceptors (Lipinski definition) is 4. The maximum absolute atomic E-state index is 13.2. The van der Waals surface area contributed by atoms with E-state index < -0.39 is 5.82 Å². The third-order valence-electron chi connectivity index (χ3n) is 2.76. The molecule has 21 heavy (non-hydrogen) atoms. The molecule has 0 heterocycles. The molecule has 7 nitrogen and oxygen atoms in total. The van der Waals surface area contributed by atoms with Crippen molar-refractivity contribution in [3.05, 3.63) is 35.1 Å². The van der Waals surface area contributed by atoms with Gasteiger partial charge in [-0.2, -0.15) is 0 Å². The second-order valence-corrected chi connectivity index (χ2v) is 4.59. The molecule has 116 valence electrons. The minimum absolute atomic E-state index is 0.146. The van der Waals surface area contributed by atoms with Gasteiger partial charge in [0.1, 0.15) is 5.82 Å². The number of amides is 2. The van der Waals surface area contributed by atoms with Gasteiger partial charge in [-0.25, -0.2) is 9.18 Å². The summed E-state index contributed by atoms with van der Waals surface area (Å²) in [6, 6.07) is 3.91. The number of nitrogens with two attached hydrogens (primary N) is 1. The van der Waals surface area contributed by atoms with Crippen LogP contribution >= 0.6 is 0 Å². The molecule has 1 aromatic rings. The first-order valence-electron chi connectivity index (χ1n) is 6.38. The van der Waals surface area contributed by atoms with Crippen molar-refractivity contribution in [2.75, 3.05) is 27.2 Å². The molecule has 0 aliphatic rings. The Morgan fingerprint density at radius 1 is 1.43 bits per heavy atom. The number of oxime groups is 1. The number of hydrogen-bond donors (Lipinski definition) is 4. The van der Waals surface area contributed by atoms with Crippen LogP contribution in [0.3, 0.4) is 0 Å². The smallest absolute Gasteiger partial charge is 0.316 e. The molecular weight excluding hydrogens is 277 g/mol. The molecule has 0 unspecified atom stereocenters. The van der Waals surface area contributed by atoms with E-state index >= 15 is 0 Å². The van der Waals surface area contributed by atoms with Crippen molar-refractivity contribution >= 4 is 11.9 Å². The number of carbonyl (C=O) groups is 1. The van der Waals surface area contributed by atoms with E-state index in [2.05, 4.69) is 15.8 Å². The minimum Gasteiger partial charge on any atom is -0.409 e. The van der Waals surface area contributed by atoms with Crippen LogP contribution < -0.4 is 16.4 Å². The van der Waals surface area contributed by atoms with Crippen molar-refractivity contribution in [1.82, 2.24) is 15.5 Å². The highest BCUT2D eigenvalue weighted by Crippen LogP contribution is 2.11. The van der Waals surface area contributed by atoms with Crippen molar-refractivity contribution in [3.63, 3.8) is 0 Å². The van der Waals surface area contributed by atoms with Gasteiger partial charge in [0.05, 0.1) is 0 Å². The first-order chi connectivity index (χ1) is 9.95. The van der Waals surface area contributed by atoms with Gasteiger partial charge in [0.25, 0.3) is 0 Å². The highest BCUT2D eigenvalue weighted by Gasteiger charge is 2.08. The lowest BCUT2D eigenvalue weighted by atomic mass is 10.1. The van der Waals surface area contributed by atoms with Crippen LogP contribution in [0.2, 0.25) is 0 Å². The Balaban J connectivity index is 2.51. The first-order valence-corrected chi connectivity index (χ1v) is 6.38. The van der Waals surface area contributed by atoms with Crippen LogP contribution in [0, 0.1) is 5.82 Å². The molecule has 0 saturated heterocycles. The van der Waals surface area contributed by atoms with E-state index in [1.165, 1.54) is 17.0 Å². The summed E-state index contributed by atoms with van der Waals surface area (Å²) in [5, 5.41) is 17.4. The number of urea groups is 1. The molecular formula is C13H20FN5O2. The van der Waals surface area contributed by atoms with E-state index in [0.717, 1.165) is 0 Å². The summed E-state index contributed by atoms with van der Waals surface area (Å²) in [5.74, 6) is -0.606. The predicted octanol–water partition coefficient (Wildman–Crippen LogP) is 0.281. The number of rotatable bonds is 6. The zero-order valence-corrected chi connectivity index (χ0v) is 12.1. The lowest BCUT2D eigenvalue weighted by Gasteiger charge is -2.13. The van der Waals surface area contributed by atoms with Gasteiger partial charge >= 0.3 is 6.03 Å². The number of nitrogens with zero attached hydrogens (tertiary/aromatic N) is 2. The van der Waals surface area contributed by atoms with Gasteiger partial charge < -0.3 is 26.5 Å². The van der Waals surface area contributed by atoms with E-state index in [1.807, 2.05) is 0 Å². The molecule has 0 spiro atoms. The third kappa shape index (κ3) is 5.27. The molecule has 0 aliphatic heterocycles. The summed E-state index contributed by atoms with van der Waals surface area (Å²) >= 11 is 0. The van der Waals surface area contributed by atoms with E-state index in [4.69, 9.17) is 10.9 Å². The number of nitrogens with one attached hydrogen (secondary N) is 2. The Bertz CT molecular complexity index is 519. The fourth-order valence-corrected chi connectivity index (χ4v) is 1.63. The lowest BCUT2D eigenvalue weighted by molar-refractivity contribution is 0.217. The molecule has 0 fully saturated rings. The van der Waals surface area contributed by atoms with Crippen molar-refractivity contribution in [3.8, 4) is 0 Å². The van der Waals surface area contributed by atoms with Crippen LogP contribution in [0.1, 0.15) is 11.1 Å². The molecule has 1 rings (SSSR count). The lowest BCUT2D eigenvalue weighted by Crippen LogP contribution is -2.38. The van der Waals surface area contributed by atoms with Gasteiger partial charge in [0.15, 0.2) is 5.84 Å². The van der Waals surface area contributed by atoms with Crippen LogP contribution in [0.5, 0.6) is 0 Å². The molecule has 0 atom stereocenters. The zero-order valence-electron chi connectivity index (χ0n) is 12.1. The Kier molecular flexibility index (Phi) is 6.41. The van der Waals surface area contributed by atoms with Crippen LogP contribution in [0.25, 0.3) is 0 Å². The van der Waals surface area contributed by atoms with Gasteiger partial charge in [-0.05, 0) is 17.7 Å².